The summed E-state index contributed by atoms with van der Waals surface area (Å²) in [6.07, 6.45) is 3.36. The Morgan fingerprint density at radius 1 is 1.38 bits per heavy atom. The van der Waals surface area contributed by atoms with Crippen molar-refractivity contribution in [2.75, 3.05) is 5.73 Å². The van der Waals surface area contributed by atoms with Crippen LogP contribution < -0.4 is 5.73 Å². The summed E-state index contributed by atoms with van der Waals surface area (Å²) < 4.78 is 1.03. The van der Waals surface area contributed by atoms with Gasteiger partial charge in [-0.1, -0.05) is 20.8 Å². The predicted molar refractivity (Wildman–Crippen MR) is 74.3 cm³/mol. The van der Waals surface area contributed by atoms with Crippen molar-refractivity contribution in [3.63, 3.8) is 0 Å². The van der Waals surface area contributed by atoms with E-state index in [1.807, 2.05) is 0 Å². The van der Waals surface area contributed by atoms with E-state index in [1.54, 1.807) is 0 Å². The van der Waals surface area contributed by atoms with Crippen LogP contribution in [0.4, 0.5) is 5.82 Å². The molecule has 88 valence electrons. The molecule has 0 aliphatic heterocycles. The summed E-state index contributed by atoms with van der Waals surface area (Å²) in [4.78, 5) is 9.14. The molecule has 1 heterocycles. The summed E-state index contributed by atoms with van der Waals surface area (Å²) in [7, 11) is 0. The van der Waals surface area contributed by atoms with E-state index in [1.165, 1.54) is 12.8 Å². The quantitative estimate of drug-likeness (QED) is 0.867. The van der Waals surface area contributed by atoms with Crippen LogP contribution in [0, 0.1) is 9.49 Å². The molecule has 0 bridgehead atoms. The fourth-order valence-electron chi connectivity index (χ4n) is 1.72. The third-order valence-electron chi connectivity index (χ3n) is 3.09. The number of halogens is 1. The standard InChI is InChI=1S/C12H18IN3/c1-7(2)6-8-9(13)10(14)16-11(15-8)12(3)4-5-12/h7H,4-6H2,1-3H3,(H2,14,15,16). The van der Waals surface area contributed by atoms with E-state index >= 15 is 0 Å². The van der Waals surface area contributed by atoms with E-state index in [0.717, 1.165) is 21.5 Å². The smallest absolute Gasteiger partial charge is 0.140 e. The van der Waals surface area contributed by atoms with Crippen molar-refractivity contribution < 1.29 is 0 Å². The summed E-state index contributed by atoms with van der Waals surface area (Å²) in [6.45, 7) is 6.62. The van der Waals surface area contributed by atoms with Crippen LogP contribution in [-0.2, 0) is 11.8 Å². The zero-order valence-corrected chi connectivity index (χ0v) is 12.2. The van der Waals surface area contributed by atoms with Gasteiger partial charge in [-0.25, -0.2) is 9.97 Å². The normalized spacial score (nSPS) is 17.8. The Kier molecular flexibility index (Phi) is 3.11. The van der Waals surface area contributed by atoms with Gasteiger partial charge in [-0.2, -0.15) is 0 Å². The zero-order chi connectivity index (χ0) is 11.9. The molecule has 0 atom stereocenters. The fraction of sp³-hybridized carbons (Fsp3) is 0.667. The first-order valence-electron chi connectivity index (χ1n) is 5.75. The van der Waals surface area contributed by atoms with Gasteiger partial charge in [-0.05, 0) is 47.8 Å². The highest BCUT2D eigenvalue weighted by molar-refractivity contribution is 14.1. The van der Waals surface area contributed by atoms with E-state index < -0.39 is 0 Å². The second kappa shape index (κ2) is 4.13. The molecule has 0 aromatic carbocycles. The Morgan fingerprint density at radius 3 is 2.50 bits per heavy atom. The lowest BCUT2D eigenvalue weighted by Gasteiger charge is -2.13. The number of nitrogens with two attached hydrogens (primary N) is 1. The summed E-state index contributed by atoms with van der Waals surface area (Å²) in [5.41, 5.74) is 7.28. The minimum absolute atomic E-state index is 0.199. The lowest BCUT2D eigenvalue weighted by atomic mass is 10.1. The maximum Gasteiger partial charge on any atom is 0.140 e. The first kappa shape index (κ1) is 12.1. The van der Waals surface area contributed by atoms with Crippen molar-refractivity contribution in [2.24, 2.45) is 5.92 Å². The van der Waals surface area contributed by atoms with Crippen LogP contribution >= 0.6 is 22.6 Å². The largest absolute Gasteiger partial charge is 0.383 e. The molecule has 1 aliphatic rings. The molecule has 2 rings (SSSR count). The number of rotatable bonds is 3. The molecule has 16 heavy (non-hydrogen) atoms. The van der Waals surface area contributed by atoms with Gasteiger partial charge in [0.25, 0.3) is 0 Å². The first-order chi connectivity index (χ1) is 7.42. The number of hydrogen-bond donors (Lipinski definition) is 1. The van der Waals surface area contributed by atoms with Crippen molar-refractivity contribution in [1.82, 2.24) is 9.97 Å². The molecule has 1 aliphatic carbocycles. The van der Waals surface area contributed by atoms with Crippen LogP contribution in [0.3, 0.4) is 0 Å². The Bertz CT molecular complexity index is 411. The molecule has 1 saturated carbocycles. The molecule has 1 aromatic heterocycles. The van der Waals surface area contributed by atoms with Crippen LogP contribution in [0.2, 0.25) is 0 Å². The van der Waals surface area contributed by atoms with Gasteiger partial charge in [0.05, 0.1) is 9.26 Å². The Labute approximate surface area is 110 Å². The maximum absolute atomic E-state index is 5.96. The molecule has 3 nitrogen and oxygen atoms in total. The number of aromatic nitrogens is 2. The minimum atomic E-state index is 0.199. The topological polar surface area (TPSA) is 51.8 Å². The van der Waals surface area contributed by atoms with Crippen molar-refractivity contribution in [2.45, 2.75) is 45.4 Å². The van der Waals surface area contributed by atoms with Crippen molar-refractivity contribution in [3.05, 3.63) is 15.1 Å². The van der Waals surface area contributed by atoms with Crippen LogP contribution in [0.25, 0.3) is 0 Å². The predicted octanol–water partition coefficient (Wildman–Crippen LogP) is 2.91. The first-order valence-corrected chi connectivity index (χ1v) is 6.82. The Morgan fingerprint density at radius 2 is 2.00 bits per heavy atom. The third kappa shape index (κ3) is 2.31. The number of nitrogens with zero attached hydrogens (tertiary/aromatic N) is 2. The average Bonchev–Trinajstić information content (AvgIpc) is 2.92. The van der Waals surface area contributed by atoms with Gasteiger partial charge < -0.3 is 5.73 Å². The molecular weight excluding hydrogens is 313 g/mol. The number of nitrogen functional groups attached to an aromatic ring is 1. The van der Waals surface area contributed by atoms with Crippen molar-refractivity contribution >= 4 is 28.4 Å². The van der Waals surface area contributed by atoms with Crippen LogP contribution in [0.5, 0.6) is 0 Å². The molecule has 0 amide bonds. The van der Waals surface area contributed by atoms with Gasteiger partial charge in [-0.15, -0.1) is 0 Å². The molecule has 0 unspecified atom stereocenters. The molecule has 1 aromatic rings. The van der Waals surface area contributed by atoms with E-state index in [2.05, 4.69) is 48.3 Å². The van der Waals surface area contributed by atoms with E-state index in [-0.39, 0.29) is 5.41 Å². The monoisotopic (exact) mass is 331 g/mol. The van der Waals surface area contributed by atoms with Gasteiger partial charge in [-0.3, -0.25) is 0 Å². The molecular formula is C12H18IN3. The van der Waals surface area contributed by atoms with Gasteiger partial charge in [0.15, 0.2) is 0 Å². The van der Waals surface area contributed by atoms with E-state index in [0.29, 0.717) is 11.7 Å². The lowest BCUT2D eigenvalue weighted by molar-refractivity contribution is 0.617. The molecule has 0 saturated heterocycles. The second-order valence-corrected chi connectivity index (χ2v) is 6.43. The highest BCUT2D eigenvalue weighted by Crippen LogP contribution is 2.46. The molecule has 2 N–H and O–H groups in total. The van der Waals surface area contributed by atoms with Crippen LogP contribution in [0.1, 0.15) is 45.1 Å². The highest BCUT2D eigenvalue weighted by atomic mass is 127. The maximum atomic E-state index is 5.96. The zero-order valence-electron chi connectivity index (χ0n) is 10.0. The summed E-state index contributed by atoms with van der Waals surface area (Å²) in [5.74, 6) is 2.19. The molecule has 0 radical (unpaired) electrons. The minimum Gasteiger partial charge on any atom is -0.383 e. The van der Waals surface area contributed by atoms with Crippen LogP contribution in [-0.4, -0.2) is 9.97 Å². The molecule has 1 fully saturated rings. The van der Waals surface area contributed by atoms with E-state index in [9.17, 15) is 0 Å². The van der Waals surface area contributed by atoms with Crippen LogP contribution in [0.15, 0.2) is 0 Å². The highest BCUT2D eigenvalue weighted by Gasteiger charge is 2.42. The van der Waals surface area contributed by atoms with Crippen molar-refractivity contribution in [1.29, 1.82) is 0 Å². The van der Waals surface area contributed by atoms with Gasteiger partial charge in [0.1, 0.15) is 11.6 Å². The summed E-state index contributed by atoms with van der Waals surface area (Å²) >= 11 is 2.25. The Balaban J connectivity index is 2.39. The average molecular weight is 331 g/mol. The third-order valence-corrected chi connectivity index (χ3v) is 4.26. The second-order valence-electron chi connectivity index (χ2n) is 5.35. The Hall–Kier alpha value is -0.390. The summed E-state index contributed by atoms with van der Waals surface area (Å²) in [5, 5.41) is 0. The summed E-state index contributed by atoms with van der Waals surface area (Å²) in [6, 6.07) is 0. The van der Waals surface area contributed by atoms with Gasteiger partial charge >= 0.3 is 0 Å². The number of anilines is 1. The van der Waals surface area contributed by atoms with Gasteiger partial charge in [0.2, 0.25) is 0 Å². The van der Waals surface area contributed by atoms with Gasteiger partial charge in [0, 0.05) is 5.41 Å². The molecule has 0 spiro atoms. The lowest BCUT2D eigenvalue weighted by Crippen LogP contribution is -2.14. The molecule has 4 heteroatoms. The SMILES string of the molecule is CC(C)Cc1nc(C2(C)CC2)nc(N)c1I. The fourth-order valence-corrected chi connectivity index (χ4v) is 2.18. The number of hydrogen-bond acceptors (Lipinski definition) is 3. The van der Waals surface area contributed by atoms with E-state index in [4.69, 9.17) is 10.7 Å². The van der Waals surface area contributed by atoms with Crippen molar-refractivity contribution in [3.8, 4) is 0 Å².